The highest BCUT2D eigenvalue weighted by molar-refractivity contribution is 6.16. The van der Waals surface area contributed by atoms with Crippen LogP contribution in [-0.2, 0) is 6.54 Å². The molecule has 0 atom stereocenters. The van der Waals surface area contributed by atoms with Gasteiger partial charge >= 0.3 is 0 Å². The van der Waals surface area contributed by atoms with Gasteiger partial charge in [-0.2, -0.15) is 0 Å². The monoisotopic (exact) mass is 454 g/mol. The summed E-state index contributed by atoms with van der Waals surface area (Å²) in [5.41, 5.74) is 8.88. The van der Waals surface area contributed by atoms with Crippen LogP contribution in [0.5, 0.6) is 17.2 Å². The molecule has 7 nitrogen and oxygen atoms in total. The summed E-state index contributed by atoms with van der Waals surface area (Å²) in [7, 11) is 1.54. The van der Waals surface area contributed by atoms with Crippen molar-refractivity contribution in [2.45, 2.75) is 6.54 Å². The number of ether oxygens (including phenoxy) is 2. The number of benzene rings is 2. The summed E-state index contributed by atoms with van der Waals surface area (Å²) in [4.78, 5) is 4.39. The number of aromatic nitrogens is 1. The Morgan fingerprint density at radius 2 is 2.00 bits per heavy atom. The Hall–Kier alpha value is -4.70. The van der Waals surface area contributed by atoms with Crippen molar-refractivity contribution in [2.75, 3.05) is 24.8 Å². The number of methoxy groups -OCH3 is 1. The maximum absolute atomic E-state index is 9.67. The van der Waals surface area contributed by atoms with Gasteiger partial charge < -0.3 is 25.6 Å². The maximum atomic E-state index is 9.67. The highest BCUT2D eigenvalue weighted by atomic mass is 16.5. The van der Waals surface area contributed by atoms with E-state index in [9.17, 15) is 5.11 Å². The summed E-state index contributed by atoms with van der Waals surface area (Å²) < 4.78 is 11.0. The molecule has 0 aliphatic heterocycles. The fourth-order valence-corrected chi connectivity index (χ4v) is 3.18. The van der Waals surface area contributed by atoms with Crippen LogP contribution in [0, 0.1) is 17.8 Å². The molecule has 1 heterocycles. The number of aromatic hydroxyl groups is 1. The minimum atomic E-state index is 0.120. The van der Waals surface area contributed by atoms with E-state index in [4.69, 9.17) is 27.0 Å². The van der Waals surface area contributed by atoms with Gasteiger partial charge in [0.1, 0.15) is 29.7 Å². The average molecular weight is 455 g/mol. The van der Waals surface area contributed by atoms with Crippen molar-refractivity contribution in [3.05, 3.63) is 95.7 Å². The minimum Gasteiger partial charge on any atom is -0.508 e. The number of nitrogens with two attached hydrogens (primary N) is 1. The first-order chi connectivity index (χ1) is 16.5. The molecule has 2 aromatic carbocycles. The first-order valence-electron chi connectivity index (χ1n) is 10.5. The SMILES string of the molecule is C#C/C=C\C=C/COc1ccc(C(=N)c2c(N)ccnc2NCc2ccc(O)cc2OC)cc1. The number of phenolic OH excluding ortho intramolecular Hbond substituents is 1. The molecule has 0 spiro atoms. The average Bonchev–Trinajstić information content (AvgIpc) is 2.85. The van der Waals surface area contributed by atoms with Gasteiger partial charge in [-0.15, -0.1) is 6.42 Å². The third-order valence-corrected chi connectivity index (χ3v) is 4.88. The number of nitrogen functional groups attached to an aromatic ring is 1. The smallest absolute Gasteiger partial charge is 0.137 e. The Morgan fingerprint density at radius 1 is 1.21 bits per heavy atom. The molecule has 7 heteroatoms. The number of phenols is 1. The van der Waals surface area contributed by atoms with Crippen LogP contribution in [0.2, 0.25) is 0 Å². The van der Waals surface area contributed by atoms with E-state index in [1.807, 2.05) is 12.2 Å². The summed E-state index contributed by atoms with van der Waals surface area (Å²) in [5, 5.41) is 21.6. The third-order valence-electron chi connectivity index (χ3n) is 4.88. The van der Waals surface area contributed by atoms with Crippen molar-refractivity contribution in [2.24, 2.45) is 0 Å². The number of allylic oxidation sites excluding steroid dienone is 3. The van der Waals surface area contributed by atoms with Crippen LogP contribution >= 0.6 is 0 Å². The Kier molecular flexibility index (Phi) is 8.30. The summed E-state index contributed by atoms with van der Waals surface area (Å²) in [6, 6.07) is 13.8. The van der Waals surface area contributed by atoms with Gasteiger partial charge in [-0.1, -0.05) is 18.1 Å². The van der Waals surface area contributed by atoms with Crippen molar-refractivity contribution < 1.29 is 14.6 Å². The summed E-state index contributed by atoms with van der Waals surface area (Å²) in [6.07, 6.45) is 13.8. The van der Waals surface area contributed by atoms with E-state index in [1.54, 1.807) is 66.9 Å². The van der Waals surface area contributed by atoms with Crippen LogP contribution in [-0.4, -0.2) is 29.5 Å². The normalized spacial score (nSPS) is 10.8. The van der Waals surface area contributed by atoms with Crippen LogP contribution in [0.1, 0.15) is 16.7 Å². The molecular formula is C27H26N4O3. The second kappa shape index (κ2) is 11.8. The van der Waals surface area contributed by atoms with Gasteiger partial charge in [0, 0.05) is 35.6 Å². The zero-order valence-electron chi connectivity index (χ0n) is 18.8. The second-order valence-corrected chi connectivity index (χ2v) is 7.14. The number of nitrogens with one attached hydrogen (secondary N) is 2. The fraction of sp³-hybridized carbons (Fsp3) is 0.111. The lowest BCUT2D eigenvalue weighted by molar-refractivity contribution is 0.363. The zero-order chi connectivity index (χ0) is 24.3. The van der Waals surface area contributed by atoms with Gasteiger partial charge in [-0.3, -0.25) is 5.41 Å². The van der Waals surface area contributed by atoms with Gasteiger partial charge in [0.2, 0.25) is 0 Å². The Bertz CT molecular complexity index is 1240. The number of rotatable bonds is 10. The number of nitrogens with zero attached hydrogens (tertiary/aromatic N) is 1. The molecule has 3 aromatic rings. The number of pyridine rings is 1. The molecule has 34 heavy (non-hydrogen) atoms. The highest BCUT2D eigenvalue weighted by Crippen LogP contribution is 2.27. The second-order valence-electron chi connectivity index (χ2n) is 7.14. The standard InChI is InChI=1S/C27H26N4O3/c1-3-4-5-6-7-16-34-22-12-9-19(10-13-22)26(29)25-23(28)14-15-30-27(25)31-18-20-8-11-21(32)17-24(20)33-2/h1,4-15,17,29,32H,16,18H2,2H3,(H3,28,30,31)/b5-4-,7-6-,29-26?. The van der Waals surface area contributed by atoms with E-state index in [0.29, 0.717) is 47.3 Å². The molecule has 0 amide bonds. The molecule has 0 unspecified atom stereocenters. The van der Waals surface area contributed by atoms with Crippen LogP contribution in [0.25, 0.3) is 0 Å². The number of hydrogen-bond donors (Lipinski definition) is 4. The van der Waals surface area contributed by atoms with E-state index in [2.05, 4.69) is 16.2 Å². The largest absolute Gasteiger partial charge is 0.508 e. The number of terminal acetylenes is 1. The summed E-state index contributed by atoms with van der Waals surface area (Å²) >= 11 is 0. The third kappa shape index (κ3) is 6.17. The van der Waals surface area contributed by atoms with Crippen LogP contribution in [0.4, 0.5) is 11.5 Å². The van der Waals surface area contributed by atoms with E-state index in [-0.39, 0.29) is 11.5 Å². The fourth-order valence-electron chi connectivity index (χ4n) is 3.18. The van der Waals surface area contributed by atoms with Gasteiger partial charge in [0.05, 0.1) is 18.4 Å². The molecule has 0 saturated carbocycles. The van der Waals surface area contributed by atoms with E-state index >= 15 is 0 Å². The predicted octanol–water partition coefficient (Wildman–Crippen LogP) is 4.53. The lowest BCUT2D eigenvalue weighted by Gasteiger charge is -2.16. The van der Waals surface area contributed by atoms with Gasteiger partial charge in [-0.25, -0.2) is 4.98 Å². The quantitative estimate of drug-likeness (QED) is 0.203. The molecule has 0 aliphatic rings. The minimum absolute atomic E-state index is 0.120. The van der Waals surface area contributed by atoms with Crippen molar-refractivity contribution in [3.63, 3.8) is 0 Å². The highest BCUT2D eigenvalue weighted by Gasteiger charge is 2.16. The molecular weight excluding hydrogens is 428 g/mol. The first kappa shape index (κ1) is 24.0. The van der Waals surface area contributed by atoms with Gasteiger partial charge in [-0.05, 0) is 54.6 Å². The Balaban J connectivity index is 1.73. The number of anilines is 2. The van der Waals surface area contributed by atoms with Crippen LogP contribution < -0.4 is 20.5 Å². The predicted molar refractivity (Wildman–Crippen MR) is 136 cm³/mol. The zero-order valence-corrected chi connectivity index (χ0v) is 18.8. The Morgan fingerprint density at radius 3 is 2.74 bits per heavy atom. The molecule has 0 aliphatic carbocycles. The Labute approximate surface area is 199 Å². The molecule has 5 N–H and O–H groups in total. The van der Waals surface area contributed by atoms with E-state index in [0.717, 1.165) is 5.56 Å². The molecule has 172 valence electrons. The van der Waals surface area contributed by atoms with E-state index in [1.165, 1.54) is 7.11 Å². The van der Waals surface area contributed by atoms with Crippen LogP contribution in [0.3, 0.4) is 0 Å². The lowest BCUT2D eigenvalue weighted by atomic mass is 10.0. The molecule has 0 bridgehead atoms. The van der Waals surface area contributed by atoms with Gasteiger partial charge in [0.15, 0.2) is 0 Å². The lowest BCUT2D eigenvalue weighted by Crippen LogP contribution is -2.13. The summed E-state index contributed by atoms with van der Waals surface area (Å²) in [6.45, 7) is 0.771. The maximum Gasteiger partial charge on any atom is 0.137 e. The first-order valence-corrected chi connectivity index (χ1v) is 10.5. The summed E-state index contributed by atoms with van der Waals surface area (Å²) in [5.74, 6) is 4.24. The molecule has 1 aromatic heterocycles. The molecule has 0 fully saturated rings. The van der Waals surface area contributed by atoms with Crippen molar-refractivity contribution in [1.82, 2.24) is 4.98 Å². The topological polar surface area (TPSA) is 113 Å². The van der Waals surface area contributed by atoms with Crippen molar-refractivity contribution in [1.29, 1.82) is 5.41 Å². The molecule has 3 rings (SSSR count). The molecule has 0 radical (unpaired) electrons. The van der Waals surface area contributed by atoms with Crippen molar-refractivity contribution in [3.8, 4) is 29.6 Å². The van der Waals surface area contributed by atoms with E-state index < -0.39 is 0 Å². The number of hydrogen-bond acceptors (Lipinski definition) is 7. The van der Waals surface area contributed by atoms with Crippen LogP contribution in [0.15, 0.2) is 79.0 Å². The van der Waals surface area contributed by atoms with Crippen molar-refractivity contribution >= 4 is 17.2 Å². The van der Waals surface area contributed by atoms with Gasteiger partial charge in [0.25, 0.3) is 0 Å². The molecule has 0 saturated heterocycles.